The number of methoxy groups -OCH3 is 2. The highest BCUT2D eigenvalue weighted by Gasteiger charge is 2.13. The van der Waals surface area contributed by atoms with E-state index < -0.39 is 6.03 Å². The van der Waals surface area contributed by atoms with Gasteiger partial charge in [0.25, 0.3) is 5.89 Å². The Morgan fingerprint density at radius 2 is 1.93 bits per heavy atom. The van der Waals surface area contributed by atoms with Gasteiger partial charge < -0.3 is 29.8 Å². The number of esters is 1. The van der Waals surface area contributed by atoms with Crippen LogP contribution in [0.1, 0.15) is 31.6 Å². The number of nitrogens with two attached hydrogens (primary N) is 1. The Morgan fingerprint density at radius 1 is 1.14 bits per heavy atom. The molecule has 1 aromatic carbocycles. The number of hydrogen-bond donors (Lipinski definition) is 2. The van der Waals surface area contributed by atoms with Crippen LogP contribution in [0.25, 0.3) is 11.4 Å². The molecule has 10 nitrogen and oxygen atoms in total. The fourth-order valence-corrected chi connectivity index (χ4v) is 2.40. The van der Waals surface area contributed by atoms with Crippen molar-refractivity contribution in [3.8, 4) is 22.9 Å². The molecular weight excluding hydrogens is 368 g/mol. The fraction of sp³-hybridized carbons (Fsp3) is 0.444. The SMILES string of the molecule is COc1ccc(-c2noc(COC(=O)CCCCCNC(N)=O)n2)cc1OC. The van der Waals surface area contributed by atoms with Gasteiger partial charge in [0.15, 0.2) is 18.1 Å². The number of amides is 2. The molecular formula is C18H24N4O6. The summed E-state index contributed by atoms with van der Waals surface area (Å²) in [6.45, 7) is 0.396. The normalized spacial score (nSPS) is 10.4. The van der Waals surface area contributed by atoms with Gasteiger partial charge in [-0.1, -0.05) is 11.6 Å². The number of hydrogen-bond acceptors (Lipinski definition) is 8. The average Bonchev–Trinajstić information content (AvgIpc) is 3.17. The second-order valence-corrected chi connectivity index (χ2v) is 5.84. The van der Waals surface area contributed by atoms with E-state index in [1.165, 1.54) is 7.11 Å². The number of ether oxygens (including phenoxy) is 3. The van der Waals surface area contributed by atoms with Gasteiger partial charge in [-0.15, -0.1) is 0 Å². The highest BCUT2D eigenvalue weighted by molar-refractivity contribution is 5.71. The van der Waals surface area contributed by atoms with E-state index in [9.17, 15) is 9.59 Å². The second-order valence-electron chi connectivity index (χ2n) is 5.84. The molecule has 0 spiro atoms. The number of nitrogens with zero attached hydrogens (tertiary/aromatic N) is 2. The lowest BCUT2D eigenvalue weighted by atomic mass is 10.2. The van der Waals surface area contributed by atoms with Gasteiger partial charge in [-0.05, 0) is 31.0 Å². The van der Waals surface area contributed by atoms with Gasteiger partial charge in [0.05, 0.1) is 14.2 Å². The number of nitrogens with one attached hydrogen (secondary N) is 1. The minimum atomic E-state index is -0.550. The molecule has 3 N–H and O–H groups in total. The first kappa shape index (κ1) is 21.0. The molecule has 152 valence electrons. The lowest BCUT2D eigenvalue weighted by molar-refractivity contribution is -0.145. The Morgan fingerprint density at radius 3 is 2.64 bits per heavy atom. The highest BCUT2D eigenvalue weighted by atomic mass is 16.6. The van der Waals surface area contributed by atoms with Crippen molar-refractivity contribution in [3.05, 3.63) is 24.1 Å². The lowest BCUT2D eigenvalue weighted by Crippen LogP contribution is -2.29. The van der Waals surface area contributed by atoms with E-state index in [-0.39, 0.29) is 24.9 Å². The van der Waals surface area contributed by atoms with Crippen LogP contribution in [-0.2, 0) is 16.1 Å². The molecule has 0 atom stereocenters. The summed E-state index contributed by atoms with van der Waals surface area (Å²) in [5, 5.41) is 6.38. The van der Waals surface area contributed by atoms with Gasteiger partial charge in [-0.3, -0.25) is 4.79 Å². The van der Waals surface area contributed by atoms with Crippen LogP contribution >= 0.6 is 0 Å². The summed E-state index contributed by atoms with van der Waals surface area (Å²) >= 11 is 0. The van der Waals surface area contributed by atoms with Crippen molar-refractivity contribution in [2.24, 2.45) is 5.73 Å². The Hall–Kier alpha value is -3.30. The van der Waals surface area contributed by atoms with E-state index >= 15 is 0 Å². The van der Waals surface area contributed by atoms with Crippen LogP contribution in [0.2, 0.25) is 0 Å². The third kappa shape index (κ3) is 6.45. The van der Waals surface area contributed by atoms with Gasteiger partial charge in [-0.25, -0.2) is 4.79 Å². The molecule has 0 bridgehead atoms. The smallest absolute Gasteiger partial charge is 0.312 e. The van der Waals surface area contributed by atoms with E-state index in [0.717, 1.165) is 12.8 Å². The van der Waals surface area contributed by atoms with Crippen LogP contribution in [0, 0.1) is 0 Å². The molecule has 0 saturated carbocycles. The monoisotopic (exact) mass is 392 g/mol. The molecule has 0 aliphatic rings. The van der Waals surface area contributed by atoms with Crippen molar-refractivity contribution >= 4 is 12.0 Å². The Balaban J connectivity index is 1.77. The standard InChI is InChI=1S/C18H24N4O6/c1-25-13-8-7-12(10-14(13)26-2)17-21-15(28-22-17)11-27-16(23)6-4-3-5-9-20-18(19)24/h7-8,10H,3-6,9,11H2,1-2H3,(H3,19,20,24). The summed E-state index contributed by atoms with van der Waals surface area (Å²) in [6, 6.07) is 4.69. The maximum Gasteiger partial charge on any atom is 0.312 e. The molecule has 0 radical (unpaired) electrons. The minimum Gasteiger partial charge on any atom is -0.493 e. The van der Waals surface area contributed by atoms with Crippen LogP contribution in [0.5, 0.6) is 11.5 Å². The Bertz CT molecular complexity index is 792. The van der Waals surface area contributed by atoms with Crippen LogP contribution < -0.4 is 20.5 Å². The van der Waals surface area contributed by atoms with Crippen molar-refractivity contribution in [1.29, 1.82) is 0 Å². The zero-order chi connectivity index (χ0) is 20.4. The van der Waals surface area contributed by atoms with E-state index in [4.69, 9.17) is 24.5 Å². The third-order valence-corrected chi connectivity index (χ3v) is 3.82. The number of rotatable bonds is 11. The van der Waals surface area contributed by atoms with Gasteiger partial charge in [0.2, 0.25) is 5.82 Å². The summed E-state index contributed by atoms with van der Waals surface area (Å²) in [5.74, 6) is 1.34. The van der Waals surface area contributed by atoms with Gasteiger partial charge in [-0.2, -0.15) is 4.98 Å². The zero-order valence-corrected chi connectivity index (χ0v) is 15.9. The first-order chi connectivity index (χ1) is 13.5. The lowest BCUT2D eigenvalue weighted by Gasteiger charge is -2.07. The maximum absolute atomic E-state index is 11.8. The summed E-state index contributed by atoms with van der Waals surface area (Å²) in [7, 11) is 3.09. The zero-order valence-electron chi connectivity index (χ0n) is 15.9. The van der Waals surface area contributed by atoms with E-state index in [1.807, 2.05) is 0 Å². The molecule has 1 aromatic heterocycles. The number of carbonyl (C=O) groups is 2. The molecule has 1 heterocycles. The third-order valence-electron chi connectivity index (χ3n) is 3.82. The summed E-state index contributed by atoms with van der Waals surface area (Å²) < 4.78 is 20.7. The number of carbonyl (C=O) groups excluding carboxylic acids is 2. The average molecular weight is 392 g/mol. The van der Waals surface area contributed by atoms with Crippen molar-refractivity contribution in [2.45, 2.75) is 32.3 Å². The van der Waals surface area contributed by atoms with Crippen molar-refractivity contribution < 1.29 is 28.3 Å². The molecule has 2 amide bonds. The van der Waals surface area contributed by atoms with Crippen molar-refractivity contribution in [1.82, 2.24) is 15.5 Å². The Kier molecular flexibility index (Phi) is 8.07. The molecule has 10 heteroatoms. The van der Waals surface area contributed by atoms with Crippen LogP contribution in [0.3, 0.4) is 0 Å². The molecule has 0 aliphatic heterocycles. The maximum atomic E-state index is 11.8. The second kappa shape index (κ2) is 10.8. The fourth-order valence-electron chi connectivity index (χ4n) is 2.40. The number of primary amides is 1. The molecule has 0 unspecified atom stereocenters. The number of benzene rings is 1. The van der Waals surface area contributed by atoms with Gasteiger partial charge in [0.1, 0.15) is 0 Å². The first-order valence-electron chi connectivity index (χ1n) is 8.77. The topological polar surface area (TPSA) is 139 Å². The van der Waals surface area contributed by atoms with E-state index in [2.05, 4.69) is 15.5 Å². The summed E-state index contributed by atoms with van der Waals surface area (Å²) in [4.78, 5) is 26.5. The van der Waals surface area contributed by atoms with Gasteiger partial charge >= 0.3 is 12.0 Å². The summed E-state index contributed by atoms with van der Waals surface area (Å²) in [5.41, 5.74) is 5.64. The van der Waals surface area contributed by atoms with Crippen LogP contribution in [0.4, 0.5) is 4.79 Å². The van der Waals surface area contributed by atoms with Crippen molar-refractivity contribution in [3.63, 3.8) is 0 Å². The first-order valence-corrected chi connectivity index (χ1v) is 8.77. The molecule has 0 saturated heterocycles. The van der Waals surface area contributed by atoms with E-state index in [0.29, 0.717) is 35.9 Å². The van der Waals surface area contributed by atoms with Crippen molar-refractivity contribution in [2.75, 3.05) is 20.8 Å². The van der Waals surface area contributed by atoms with Gasteiger partial charge in [0, 0.05) is 18.5 Å². The number of unbranched alkanes of at least 4 members (excludes halogenated alkanes) is 2. The largest absolute Gasteiger partial charge is 0.493 e. The molecule has 2 rings (SSSR count). The highest BCUT2D eigenvalue weighted by Crippen LogP contribution is 2.31. The quantitative estimate of drug-likeness (QED) is 0.437. The molecule has 0 aliphatic carbocycles. The number of urea groups is 1. The van der Waals surface area contributed by atoms with E-state index in [1.54, 1.807) is 25.3 Å². The van der Waals surface area contributed by atoms with Crippen LogP contribution in [-0.4, -0.2) is 42.9 Å². The Labute approximate surface area is 162 Å². The molecule has 2 aromatic rings. The number of aromatic nitrogens is 2. The molecule has 28 heavy (non-hydrogen) atoms. The minimum absolute atomic E-state index is 0.0949. The predicted octanol–water partition coefficient (Wildman–Crippen LogP) is 2.03. The molecule has 0 fully saturated rings. The van der Waals surface area contributed by atoms with Crippen LogP contribution in [0.15, 0.2) is 22.7 Å². The predicted molar refractivity (Wildman–Crippen MR) is 98.7 cm³/mol. The summed E-state index contributed by atoms with van der Waals surface area (Å²) in [6.07, 6.45) is 2.45.